The molecule has 23 heavy (non-hydrogen) atoms. The fourth-order valence-electron chi connectivity index (χ4n) is 2.76. The van der Waals surface area contributed by atoms with Crippen LogP contribution in [0.2, 0.25) is 5.02 Å². The number of benzene rings is 2. The van der Waals surface area contributed by atoms with Crippen molar-refractivity contribution in [1.29, 1.82) is 0 Å². The van der Waals surface area contributed by atoms with Crippen LogP contribution in [0.15, 0.2) is 42.5 Å². The fourth-order valence-corrected chi connectivity index (χ4v) is 2.95. The van der Waals surface area contributed by atoms with Crippen molar-refractivity contribution in [3.63, 3.8) is 0 Å². The molecule has 0 spiro atoms. The zero-order chi connectivity index (χ0) is 16.6. The van der Waals surface area contributed by atoms with Crippen LogP contribution in [0.4, 0.5) is 11.4 Å². The van der Waals surface area contributed by atoms with E-state index in [0.717, 1.165) is 16.8 Å². The third kappa shape index (κ3) is 2.94. The molecule has 118 valence electrons. The molecule has 0 saturated carbocycles. The quantitative estimate of drug-likeness (QED) is 0.874. The molecule has 1 unspecified atom stereocenters. The van der Waals surface area contributed by atoms with Gasteiger partial charge in [-0.2, -0.15) is 0 Å². The minimum absolute atomic E-state index is 0.138. The summed E-state index contributed by atoms with van der Waals surface area (Å²) in [6.45, 7) is 3.88. The summed E-state index contributed by atoms with van der Waals surface area (Å²) in [5.74, 6) is -0.424. The molecule has 1 atom stereocenters. The standard InChI is InChI=1S/C18H17ClN2O2/c1-11-5-3-8-16(12(11)2)21-17(22)10-15(18(21)23)20-14-7-4-6-13(19)9-14/h3-9,15,20H,10H2,1-2H3. The Bertz CT molecular complexity index is 788. The molecule has 1 aliphatic heterocycles. The van der Waals surface area contributed by atoms with E-state index in [2.05, 4.69) is 5.32 Å². The van der Waals surface area contributed by atoms with Gasteiger partial charge < -0.3 is 5.32 Å². The lowest BCUT2D eigenvalue weighted by molar-refractivity contribution is -0.121. The molecular formula is C18H17ClN2O2. The van der Waals surface area contributed by atoms with Crippen molar-refractivity contribution in [1.82, 2.24) is 0 Å². The molecule has 1 N–H and O–H groups in total. The number of halogens is 1. The smallest absolute Gasteiger partial charge is 0.256 e. The molecule has 0 bridgehead atoms. The lowest BCUT2D eigenvalue weighted by Crippen LogP contribution is -2.35. The Morgan fingerprint density at radius 1 is 1.13 bits per heavy atom. The van der Waals surface area contributed by atoms with E-state index in [9.17, 15) is 9.59 Å². The maximum absolute atomic E-state index is 12.7. The fraction of sp³-hybridized carbons (Fsp3) is 0.222. The second-order valence-electron chi connectivity index (χ2n) is 5.70. The van der Waals surface area contributed by atoms with Crippen LogP contribution < -0.4 is 10.2 Å². The number of carbonyl (C=O) groups excluding carboxylic acids is 2. The highest BCUT2D eigenvalue weighted by atomic mass is 35.5. The molecule has 2 amide bonds. The van der Waals surface area contributed by atoms with Crippen LogP contribution in [0.3, 0.4) is 0 Å². The van der Waals surface area contributed by atoms with Gasteiger partial charge in [0, 0.05) is 10.7 Å². The zero-order valence-corrected chi connectivity index (χ0v) is 13.7. The molecule has 1 fully saturated rings. The van der Waals surface area contributed by atoms with E-state index in [4.69, 9.17) is 11.6 Å². The number of aryl methyl sites for hydroxylation is 1. The van der Waals surface area contributed by atoms with E-state index in [1.807, 2.05) is 32.0 Å². The van der Waals surface area contributed by atoms with E-state index in [1.165, 1.54) is 4.90 Å². The number of hydrogen-bond acceptors (Lipinski definition) is 3. The van der Waals surface area contributed by atoms with Crippen molar-refractivity contribution in [3.05, 3.63) is 58.6 Å². The molecule has 1 aliphatic rings. The van der Waals surface area contributed by atoms with Gasteiger partial charge in [-0.05, 0) is 49.2 Å². The molecular weight excluding hydrogens is 312 g/mol. The summed E-state index contributed by atoms with van der Waals surface area (Å²) in [6, 6.07) is 12.2. The second-order valence-corrected chi connectivity index (χ2v) is 6.13. The highest BCUT2D eigenvalue weighted by molar-refractivity contribution is 6.30. The van der Waals surface area contributed by atoms with E-state index in [1.54, 1.807) is 24.3 Å². The van der Waals surface area contributed by atoms with E-state index in [-0.39, 0.29) is 18.2 Å². The Hall–Kier alpha value is -2.33. The number of nitrogens with zero attached hydrogens (tertiary/aromatic N) is 1. The Labute approximate surface area is 140 Å². The lowest BCUT2D eigenvalue weighted by atomic mass is 10.1. The summed E-state index contributed by atoms with van der Waals surface area (Å²) in [7, 11) is 0. The Morgan fingerprint density at radius 2 is 1.87 bits per heavy atom. The SMILES string of the molecule is Cc1cccc(N2C(=O)CC(Nc3cccc(Cl)c3)C2=O)c1C. The van der Waals surface area contributed by atoms with Gasteiger partial charge >= 0.3 is 0 Å². The van der Waals surface area contributed by atoms with Crippen LogP contribution in [0, 0.1) is 13.8 Å². The Morgan fingerprint density at radius 3 is 2.61 bits per heavy atom. The molecule has 2 aromatic rings. The first-order valence-electron chi connectivity index (χ1n) is 7.42. The number of imide groups is 1. The third-order valence-electron chi connectivity index (χ3n) is 4.13. The maximum Gasteiger partial charge on any atom is 0.256 e. The lowest BCUT2D eigenvalue weighted by Gasteiger charge is -2.19. The normalized spacial score (nSPS) is 17.7. The first-order valence-corrected chi connectivity index (χ1v) is 7.80. The van der Waals surface area contributed by atoms with Crippen LogP contribution in [0.5, 0.6) is 0 Å². The summed E-state index contributed by atoms with van der Waals surface area (Å²) >= 11 is 5.96. The van der Waals surface area contributed by atoms with E-state index >= 15 is 0 Å². The van der Waals surface area contributed by atoms with Crippen LogP contribution in [0.1, 0.15) is 17.5 Å². The Balaban J connectivity index is 1.87. The Kier molecular flexibility index (Phi) is 4.09. The molecule has 1 saturated heterocycles. The molecule has 1 heterocycles. The van der Waals surface area contributed by atoms with Gasteiger partial charge in [0.15, 0.2) is 0 Å². The van der Waals surface area contributed by atoms with Gasteiger partial charge in [-0.3, -0.25) is 9.59 Å². The molecule has 4 nitrogen and oxygen atoms in total. The second kappa shape index (κ2) is 6.05. The monoisotopic (exact) mass is 328 g/mol. The zero-order valence-electron chi connectivity index (χ0n) is 13.0. The average Bonchev–Trinajstić information content (AvgIpc) is 2.77. The number of nitrogens with one attached hydrogen (secondary N) is 1. The van der Waals surface area contributed by atoms with Gasteiger partial charge in [0.2, 0.25) is 5.91 Å². The largest absolute Gasteiger partial charge is 0.373 e. The number of hydrogen-bond donors (Lipinski definition) is 1. The summed E-state index contributed by atoms with van der Waals surface area (Å²) in [5, 5.41) is 3.68. The molecule has 0 aromatic heterocycles. The first-order chi connectivity index (χ1) is 11.0. The van der Waals surface area contributed by atoms with Gasteiger partial charge in [-0.15, -0.1) is 0 Å². The minimum atomic E-state index is -0.569. The highest BCUT2D eigenvalue weighted by Crippen LogP contribution is 2.29. The molecule has 3 rings (SSSR count). The van der Waals surface area contributed by atoms with E-state index in [0.29, 0.717) is 10.7 Å². The van der Waals surface area contributed by atoms with Gasteiger partial charge in [0.05, 0.1) is 12.1 Å². The van der Waals surface area contributed by atoms with Crippen molar-refractivity contribution in [3.8, 4) is 0 Å². The van der Waals surface area contributed by atoms with Crippen LogP contribution in [-0.2, 0) is 9.59 Å². The molecule has 0 radical (unpaired) electrons. The first kappa shape index (κ1) is 15.6. The van der Waals surface area contributed by atoms with Gasteiger partial charge in [-0.1, -0.05) is 29.8 Å². The summed E-state index contributed by atoms with van der Waals surface area (Å²) < 4.78 is 0. The molecule has 5 heteroatoms. The van der Waals surface area contributed by atoms with Crippen molar-refractivity contribution in [2.75, 3.05) is 10.2 Å². The minimum Gasteiger partial charge on any atom is -0.373 e. The van der Waals surface area contributed by atoms with Crippen LogP contribution >= 0.6 is 11.6 Å². The van der Waals surface area contributed by atoms with Gasteiger partial charge in [0.1, 0.15) is 6.04 Å². The van der Waals surface area contributed by atoms with Crippen molar-refractivity contribution in [2.24, 2.45) is 0 Å². The predicted octanol–water partition coefficient (Wildman–Crippen LogP) is 3.70. The number of anilines is 2. The van der Waals surface area contributed by atoms with E-state index < -0.39 is 6.04 Å². The predicted molar refractivity (Wildman–Crippen MR) is 91.9 cm³/mol. The van der Waals surface area contributed by atoms with Crippen molar-refractivity contribution < 1.29 is 9.59 Å². The molecule has 2 aromatic carbocycles. The van der Waals surface area contributed by atoms with Gasteiger partial charge in [0.25, 0.3) is 5.91 Å². The highest BCUT2D eigenvalue weighted by Gasteiger charge is 2.40. The topological polar surface area (TPSA) is 49.4 Å². The average molecular weight is 329 g/mol. The van der Waals surface area contributed by atoms with Gasteiger partial charge in [-0.25, -0.2) is 4.90 Å². The van der Waals surface area contributed by atoms with Crippen LogP contribution in [-0.4, -0.2) is 17.9 Å². The number of rotatable bonds is 3. The maximum atomic E-state index is 12.7. The van der Waals surface area contributed by atoms with Crippen molar-refractivity contribution in [2.45, 2.75) is 26.3 Å². The summed E-state index contributed by atoms with van der Waals surface area (Å²) in [5.41, 5.74) is 3.38. The summed E-state index contributed by atoms with van der Waals surface area (Å²) in [6.07, 6.45) is 0.138. The molecule has 0 aliphatic carbocycles. The van der Waals surface area contributed by atoms with Crippen LogP contribution in [0.25, 0.3) is 0 Å². The number of carbonyl (C=O) groups is 2. The number of amides is 2. The third-order valence-corrected chi connectivity index (χ3v) is 4.36. The van der Waals surface area contributed by atoms with Crippen molar-refractivity contribution >= 4 is 34.8 Å². The summed E-state index contributed by atoms with van der Waals surface area (Å²) in [4.78, 5) is 26.3.